The summed E-state index contributed by atoms with van der Waals surface area (Å²) in [5.41, 5.74) is 5.23. The third kappa shape index (κ3) is 6.89. The highest BCUT2D eigenvalue weighted by Gasteiger charge is 2.30. The lowest BCUT2D eigenvalue weighted by molar-refractivity contribution is -0.117. The molecule has 214 valence electrons. The van der Waals surface area contributed by atoms with Gasteiger partial charge in [-0.2, -0.15) is 0 Å². The first-order chi connectivity index (χ1) is 20.4. The number of unbranched alkanes of at least 4 members (excludes halogenated alkanes) is 1. The molecule has 42 heavy (non-hydrogen) atoms. The number of carbonyl (C=O) groups is 2. The molecule has 1 atom stereocenters. The highest BCUT2D eigenvalue weighted by molar-refractivity contribution is 6.09. The summed E-state index contributed by atoms with van der Waals surface area (Å²) in [6.07, 6.45) is 3.83. The van der Waals surface area contributed by atoms with Crippen LogP contribution in [0.1, 0.15) is 65.3 Å². The largest absolute Gasteiger partial charge is 0.494 e. The Bertz CT molecular complexity index is 1560. The van der Waals surface area contributed by atoms with E-state index in [0.29, 0.717) is 24.5 Å². The van der Waals surface area contributed by atoms with Crippen LogP contribution < -0.4 is 19.7 Å². The van der Waals surface area contributed by atoms with Crippen LogP contribution in [0, 0.1) is 6.92 Å². The predicted octanol–water partition coefficient (Wildman–Crippen LogP) is 7.63. The Balaban J connectivity index is 1.26. The van der Waals surface area contributed by atoms with Gasteiger partial charge in [0.2, 0.25) is 0 Å². The van der Waals surface area contributed by atoms with Crippen molar-refractivity contribution in [2.45, 2.75) is 46.2 Å². The molecule has 0 saturated heterocycles. The second kappa shape index (κ2) is 13.2. The van der Waals surface area contributed by atoms with Gasteiger partial charge in [0.05, 0.1) is 24.9 Å². The number of nitrogens with one attached hydrogen (secondary N) is 1. The molecule has 0 radical (unpaired) electrons. The third-order valence-electron chi connectivity index (χ3n) is 7.26. The Hall–Kier alpha value is -4.84. The fraction of sp³-hybridized carbons (Fsp3) is 0.222. The highest BCUT2D eigenvalue weighted by atomic mass is 16.5. The number of benzene rings is 4. The molecule has 0 saturated carbocycles. The fourth-order valence-electron chi connectivity index (χ4n) is 4.73. The number of ether oxygens (including phenoxy) is 2. The summed E-state index contributed by atoms with van der Waals surface area (Å²) in [6.45, 7) is 7.26. The van der Waals surface area contributed by atoms with E-state index in [1.54, 1.807) is 23.1 Å². The summed E-state index contributed by atoms with van der Waals surface area (Å²) in [7, 11) is 0. The van der Waals surface area contributed by atoms with Crippen molar-refractivity contribution in [2.75, 3.05) is 11.5 Å². The molecule has 6 nitrogen and oxygen atoms in total. The van der Waals surface area contributed by atoms with E-state index in [4.69, 9.17) is 9.47 Å². The minimum absolute atomic E-state index is 0.170. The maximum absolute atomic E-state index is 13.5. The maximum Gasteiger partial charge on any atom is 0.294 e. The minimum Gasteiger partial charge on any atom is -0.494 e. The van der Waals surface area contributed by atoms with Gasteiger partial charge in [-0.15, -0.1) is 0 Å². The van der Waals surface area contributed by atoms with Gasteiger partial charge in [-0.25, -0.2) is 0 Å². The average Bonchev–Trinajstić information content (AvgIpc) is 3.01. The van der Waals surface area contributed by atoms with Crippen molar-refractivity contribution in [1.29, 1.82) is 0 Å². The number of amides is 2. The minimum atomic E-state index is -0.216. The Kier molecular flexibility index (Phi) is 9.02. The van der Waals surface area contributed by atoms with Crippen molar-refractivity contribution < 1.29 is 19.1 Å². The smallest absolute Gasteiger partial charge is 0.294 e. The molecular weight excluding hydrogens is 524 g/mol. The maximum atomic E-state index is 13.5. The zero-order chi connectivity index (χ0) is 29.5. The van der Waals surface area contributed by atoms with E-state index in [1.165, 1.54) is 5.56 Å². The molecule has 5 rings (SSSR count). The average molecular weight is 561 g/mol. The quantitative estimate of drug-likeness (QED) is 0.160. The topological polar surface area (TPSA) is 67.9 Å². The molecule has 4 aromatic rings. The van der Waals surface area contributed by atoms with Crippen molar-refractivity contribution in [1.82, 2.24) is 5.32 Å². The van der Waals surface area contributed by atoms with E-state index in [2.05, 4.69) is 12.2 Å². The molecule has 0 spiro atoms. The summed E-state index contributed by atoms with van der Waals surface area (Å²) in [6, 6.07) is 30.5. The van der Waals surface area contributed by atoms with Crippen LogP contribution in [-0.4, -0.2) is 18.4 Å². The lowest BCUT2D eigenvalue weighted by Crippen LogP contribution is -2.36. The van der Waals surface area contributed by atoms with Crippen LogP contribution in [0.15, 0.2) is 103 Å². The Morgan fingerprint density at radius 3 is 2.38 bits per heavy atom. The van der Waals surface area contributed by atoms with Crippen LogP contribution in [0.4, 0.5) is 5.69 Å². The van der Waals surface area contributed by atoms with Gasteiger partial charge in [-0.05, 0) is 79.4 Å². The van der Waals surface area contributed by atoms with Crippen LogP contribution in [0.5, 0.6) is 11.5 Å². The van der Waals surface area contributed by atoms with Crippen molar-refractivity contribution in [3.63, 3.8) is 0 Å². The first kappa shape index (κ1) is 28.7. The van der Waals surface area contributed by atoms with Crippen molar-refractivity contribution in [3.05, 3.63) is 131 Å². The van der Waals surface area contributed by atoms with E-state index in [9.17, 15) is 9.59 Å². The summed E-state index contributed by atoms with van der Waals surface area (Å²) in [5, 5.41) is 3.05. The van der Waals surface area contributed by atoms with Crippen LogP contribution in [0.2, 0.25) is 0 Å². The van der Waals surface area contributed by atoms with Gasteiger partial charge >= 0.3 is 0 Å². The van der Waals surface area contributed by atoms with E-state index in [-0.39, 0.29) is 23.6 Å². The molecule has 6 heteroatoms. The van der Waals surface area contributed by atoms with Gasteiger partial charge in [-0.1, -0.05) is 79.6 Å². The number of nitrogens with zero attached hydrogens (tertiary/aromatic N) is 1. The Morgan fingerprint density at radius 2 is 1.67 bits per heavy atom. The molecule has 1 N–H and O–H groups in total. The standard InChI is InChI=1S/C36H36N2O4/c1-4-5-22-41-31-20-18-29(19-21-31)26(3)37-35(39)30-16-14-27(15-17-30)23-34-36(40)38(24-28-12-10-25(2)11-13-28)32-8-6-7-9-33(32)42-34/h6-21,23,26H,4-5,22,24H2,1-3H3,(H,37,39)/b34-23+/t26-/m0/s1. The van der Waals surface area contributed by atoms with E-state index < -0.39 is 0 Å². The third-order valence-corrected chi connectivity index (χ3v) is 7.26. The zero-order valence-electron chi connectivity index (χ0n) is 24.3. The number of fused-ring (bicyclic) bond motifs is 1. The summed E-state index contributed by atoms with van der Waals surface area (Å²) in [4.78, 5) is 28.2. The zero-order valence-corrected chi connectivity index (χ0v) is 24.3. The molecule has 0 bridgehead atoms. The molecule has 1 aliphatic rings. The summed E-state index contributed by atoms with van der Waals surface area (Å²) < 4.78 is 11.8. The number of hydrogen-bond donors (Lipinski definition) is 1. The first-order valence-electron chi connectivity index (χ1n) is 14.4. The van der Waals surface area contributed by atoms with Gasteiger partial charge in [0, 0.05) is 5.56 Å². The summed E-state index contributed by atoms with van der Waals surface area (Å²) in [5.74, 6) is 1.30. The van der Waals surface area contributed by atoms with Crippen molar-refractivity contribution in [2.24, 2.45) is 0 Å². The fourth-order valence-corrected chi connectivity index (χ4v) is 4.73. The Labute approximate surface area is 247 Å². The summed E-state index contributed by atoms with van der Waals surface area (Å²) >= 11 is 0. The molecule has 0 aliphatic carbocycles. The first-order valence-corrected chi connectivity index (χ1v) is 14.4. The number of rotatable bonds is 10. The molecule has 0 fully saturated rings. The Morgan fingerprint density at radius 1 is 0.952 bits per heavy atom. The number of hydrogen-bond acceptors (Lipinski definition) is 4. The molecule has 1 aliphatic heterocycles. The van der Waals surface area contributed by atoms with Gasteiger partial charge in [0.15, 0.2) is 11.5 Å². The van der Waals surface area contributed by atoms with Crippen LogP contribution in [0.25, 0.3) is 6.08 Å². The molecular formula is C36H36N2O4. The van der Waals surface area contributed by atoms with Gasteiger partial charge in [-0.3, -0.25) is 14.5 Å². The van der Waals surface area contributed by atoms with Gasteiger partial charge in [0.25, 0.3) is 11.8 Å². The van der Waals surface area contributed by atoms with Crippen LogP contribution in [0.3, 0.4) is 0 Å². The second-order valence-corrected chi connectivity index (χ2v) is 10.5. The number of para-hydroxylation sites is 2. The molecule has 2 amide bonds. The van der Waals surface area contributed by atoms with Crippen LogP contribution >= 0.6 is 0 Å². The second-order valence-electron chi connectivity index (χ2n) is 10.5. The highest BCUT2D eigenvalue weighted by Crippen LogP contribution is 2.36. The monoisotopic (exact) mass is 560 g/mol. The number of aryl methyl sites for hydroxylation is 1. The lowest BCUT2D eigenvalue weighted by atomic mass is 10.1. The van der Waals surface area contributed by atoms with E-state index >= 15 is 0 Å². The lowest BCUT2D eigenvalue weighted by Gasteiger charge is -2.30. The molecule has 4 aromatic carbocycles. The van der Waals surface area contributed by atoms with Crippen molar-refractivity contribution >= 4 is 23.6 Å². The van der Waals surface area contributed by atoms with Crippen LogP contribution in [-0.2, 0) is 11.3 Å². The molecule has 0 unspecified atom stereocenters. The molecule has 0 aromatic heterocycles. The van der Waals surface area contributed by atoms with E-state index in [0.717, 1.165) is 41.0 Å². The van der Waals surface area contributed by atoms with Crippen molar-refractivity contribution in [3.8, 4) is 11.5 Å². The number of carbonyl (C=O) groups excluding carboxylic acids is 2. The molecule has 1 heterocycles. The normalized spacial score (nSPS) is 14.2. The SMILES string of the molecule is CCCCOc1ccc([C@H](C)NC(=O)c2ccc(/C=C3/Oc4ccccc4N(Cc4ccc(C)cc4)C3=O)cc2)cc1. The van der Waals surface area contributed by atoms with E-state index in [1.807, 2.05) is 98.8 Å². The number of anilines is 1. The predicted molar refractivity (Wildman–Crippen MR) is 167 cm³/mol. The van der Waals surface area contributed by atoms with Gasteiger partial charge < -0.3 is 14.8 Å². The van der Waals surface area contributed by atoms with Gasteiger partial charge in [0.1, 0.15) is 5.75 Å².